The molecule has 0 rings (SSSR count). The van der Waals surface area contributed by atoms with Crippen LogP contribution in [0.5, 0.6) is 0 Å². The zero-order valence-corrected chi connectivity index (χ0v) is 6.86. The number of alkyl halides is 3. The Morgan fingerprint density at radius 1 is 1.25 bits per heavy atom. The Morgan fingerprint density at radius 3 is 1.92 bits per heavy atom. The summed E-state index contributed by atoms with van der Waals surface area (Å²) in [6.07, 6.45) is -5.95. The smallest absolute Gasteiger partial charge is 0.438 e. The predicted octanol–water partition coefficient (Wildman–Crippen LogP) is 2.11. The number of hydrogen-bond donors (Lipinski definition) is 0. The fourth-order valence-corrected chi connectivity index (χ4v) is 0.308. The highest BCUT2D eigenvalue weighted by Gasteiger charge is 2.51. The third-order valence-corrected chi connectivity index (χ3v) is 1.19. The second-order valence-electron chi connectivity index (χ2n) is 2.56. The molecule has 0 fully saturated rings. The number of methoxy groups -OCH3 is 1. The van der Waals surface area contributed by atoms with Crippen molar-refractivity contribution in [1.29, 1.82) is 0 Å². The Hall–Kier alpha value is -0.940. The molecule has 0 atom stereocenters. The summed E-state index contributed by atoms with van der Waals surface area (Å²) < 4.78 is 43.9. The molecule has 0 saturated heterocycles. The van der Waals surface area contributed by atoms with Gasteiger partial charge in [-0.3, -0.25) is 0 Å². The van der Waals surface area contributed by atoms with Crippen LogP contribution in [0.25, 0.3) is 0 Å². The fourth-order valence-electron chi connectivity index (χ4n) is 0.308. The maximum atomic E-state index is 12.0. The number of hydrogen-bond acceptors (Lipinski definition) is 3. The lowest BCUT2D eigenvalue weighted by molar-refractivity contribution is -0.248. The third-order valence-electron chi connectivity index (χ3n) is 1.19. The molecule has 0 spiro atoms. The monoisotopic (exact) mass is 186 g/mol. The summed E-state index contributed by atoms with van der Waals surface area (Å²) in [6.45, 7) is 1.48. The van der Waals surface area contributed by atoms with Gasteiger partial charge in [0.2, 0.25) is 5.60 Å². The molecule has 3 nitrogen and oxygen atoms in total. The zero-order valence-electron chi connectivity index (χ0n) is 6.86. The number of ether oxygens (including phenoxy) is 2. The number of halogens is 3. The van der Waals surface area contributed by atoms with Crippen molar-refractivity contribution in [3.63, 3.8) is 0 Å². The molecular weight excluding hydrogens is 177 g/mol. The topological polar surface area (TPSA) is 35.5 Å². The molecule has 0 unspecified atom stereocenters. The van der Waals surface area contributed by atoms with Gasteiger partial charge in [-0.1, -0.05) is 0 Å². The average Bonchev–Trinajstić information content (AvgIpc) is 1.84. The first-order valence-corrected chi connectivity index (χ1v) is 3.04. The van der Waals surface area contributed by atoms with Crippen molar-refractivity contribution in [3.8, 4) is 0 Å². The predicted molar refractivity (Wildman–Crippen MR) is 33.6 cm³/mol. The van der Waals surface area contributed by atoms with Gasteiger partial charge in [0.25, 0.3) is 0 Å². The summed E-state index contributed by atoms with van der Waals surface area (Å²) in [5.41, 5.74) is -2.51. The van der Waals surface area contributed by atoms with Crippen molar-refractivity contribution in [2.45, 2.75) is 25.6 Å². The summed E-state index contributed by atoms with van der Waals surface area (Å²) in [5.74, 6) is 0. The Kier molecular flexibility index (Phi) is 2.95. The first kappa shape index (κ1) is 11.1. The summed E-state index contributed by atoms with van der Waals surface area (Å²) >= 11 is 0. The van der Waals surface area contributed by atoms with Crippen LogP contribution in [0, 0.1) is 0 Å². The highest BCUT2D eigenvalue weighted by Crippen LogP contribution is 2.32. The largest absolute Gasteiger partial charge is 0.508 e. The second-order valence-corrected chi connectivity index (χ2v) is 2.56. The minimum atomic E-state index is -4.60. The van der Waals surface area contributed by atoms with Gasteiger partial charge in [-0.05, 0) is 13.8 Å². The van der Waals surface area contributed by atoms with E-state index in [-0.39, 0.29) is 0 Å². The van der Waals surface area contributed by atoms with Crippen molar-refractivity contribution in [3.05, 3.63) is 0 Å². The molecule has 0 bridgehead atoms. The normalized spacial score (nSPS) is 12.5. The van der Waals surface area contributed by atoms with Crippen molar-refractivity contribution < 1.29 is 27.4 Å². The van der Waals surface area contributed by atoms with Crippen LogP contribution in [0.15, 0.2) is 0 Å². The van der Waals surface area contributed by atoms with Gasteiger partial charge in [0.05, 0.1) is 7.11 Å². The summed E-state index contributed by atoms with van der Waals surface area (Å²) in [6, 6.07) is 0. The molecule has 0 radical (unpaired) electrons. The third kappa shape index (κ3) is 2.60. The number of carbonyl (C=O) groups is 1. The van der Waals surface area contributed by atoms with Crippen molar-refractivity contribution in [1.82, 2.24) is 0 Å². The molecule has 72 valence electrons. The first-order valence-electron chi connectivity index (χ1n) is 3.04. The lowest BCUT2D eigenvalue weighted by Crippen LogP contribution is -2.43. The minimum Gasteiger partial charge on any atom is -0.438 e. The van der Waals surface area contributed by atoms with E-state index in [1.807, 2.05) is 0 Å². The Morgan fingerprint density at radius 2 is 1.67 bits per heavy atom. The van der Waals surface area contributed by atoms with E-state index in [2.05, 4.69) is 9.47 Å². The first-order chi connectivity index (χ1) is 5.20. The Labute approximate surface area is 67.4 Å². The molecule has 0 heterocycles. The van der Waals surface area contributed by atoms with Crippen LogP contribution in [0.4, 0.5) is 18.0 Å². The molecule has 0 N–H and O–H groups in total. The number of rotatable bonds is 1. The van der Waals surface area contributed by atoms with E-state index in [1.165, 1.54) is 0 Å². The van der Waals surface area contributed by atoms with Crippen molar-refractivity contribution >= 4 is 6.16 Å². The molecule has 0 aliphatic rings. The molecule has 0 aromatic rings. The van der Waals surface area contributed by atoms with E-state index in [9.17, 15) is 18.0 Å². The molecule has 0 saturated carbocycles. The molecule has 12 heavy (non-hydrogen) atoms. The lowest BCUT2D eigenvalue weighted by atomic mass is 10.1. The highest BCUT2D eigenvalue weighted by molar-refractivity contribution is 5.60. The fraction of sp³-hybridized carbons (Fsp3) is 0.833. The highest BCUT2D eigenvalue weighted by atomic mass is 19.4. The van der Waals surface area contributed by atoms with E-state index in [4.69, 9.17) is 0 Å². The van der Waals surface area contributed by atoms with Gasteiger partial charge in [0.15, 0.2) is 0 Å². The van der Waals surface area contributed by atoms with Crippen LogP contribution < -0.4 is 0 Å². The van der Waals surface area contributed by atoms with E-state index < -0.39 is 17.9 Å². The van der Waals surface area contributed by atoms with Gasteiger partial charge in [-0.25, -0.2) is 4.79 Å². The summed E-state index contributed by atoms with van der Waals surface area (Å²) in [5, 5.41) is 0. The lowest BCUT2D eigenvalue weighted by Gasteiger charge is -2.26. The van der Waals surface area contributed by atoms with Gasteiger partial charge in [-0.2, -0.15) is 13.2 Å². The molecule has 0 amide bonds. The number of carbonyl (C=O) groups excluding carboxylic acids is 1. The van der Waals surface area contributed by atoms with Crippen LogP contribution in [0.3, 0.4) is 0 Å². The minimum absolute atomic E-state index is 0.740. The van der Waals surface area contributed by atoms with E-state index in [0.29, 0.717) is 0 Å². The van der Waals surface area contributed by atoms with Gasteiger partial charge >= 0.3 is 12.3 Å². The Balaban J connectivity index is 4.33. The second kappa shape index (κ2) is 3.20. The zero-order chi connectivity index (χ0) is 9.99. The average molecular weight is 186 g/mol. The van der Waals surface area contributed by atoms with Crippen LogP contribution in [-0.2, 0) is 9.47 Å². The maximum absolute atomic E-state index is 12.0. The van der Waals surface area contributed by atoms with Crippen molar-refractivity contribution in [2.24, 2.45) is 0 Å². The maximum Gasteiger partial charge on any atom is 0.508 e. The molecule has 0 aliphatic heterocycles. The molecule has 0 aliphatic carbocycles. The molecule has 0 aromatic heterocycles. The van der Waals surface area contributed by atoms with Crippen LogP contribution in [0.2, 0.25) is 0 Å². The van der Waals surface area contributed by atoms with Gasteiger partial charge in [0.1, 0.15) is 0 Å². The quantitative estimate of drug-likeness (QED) is 0.588. The van der Waals surface area contributed by atoms with E-state index in [1.54, 1.807) is 0 Å². The molecule has 6 heteroatoms. The van der Waals surface area contributed by atoms with Gasteiger partial charge in [-0.15, -0.1) is 0 Å². The molecule has 0 aromatic carbocycles. The standard InChI is InChI=1S/C6H9F3O3/c1-5(2,6(7,8)9)12-4(10)11-3/h1-3H3. The molecular formula is C6H9F3O3. The Bertz CT molecular complexity index is 173. The summed E-state index contributed by atoms with van der Waals surface area (Å²) in [7, 11) is 0.939. The summed E-state index contributed by atoms with van der Waals surface area (Å²) in [4.78, 5) is 10.3. The van der Waals surface area contributed by atoms with Crippen molar-refractivity contribution in [2.75, 3.05) is 7.11 Å². The van der Waals surface area contributed by atoms with Crippen LogP contribution in [-0.4, -0.2) is 25.0 Å². The van der Waals surface area contributed by atoms with Gasteiger partial charge < -0.3 is 9.47 Å². The van der Waals surface area contributed by atoms with E-state index in [0.717, 1.165) is 21.0 Å². The van der Waals surface area contributed by atoms with E-state index >= 15 is 0 Å². The SMILES string of the molecule is COC(=O)OC(C)(C)C(F)(F)F. The van der Waals surface area contributed by atoms with Gasteiger partial charge in [0, 0.05) is 0 Å². The van der Waals surface area contributed by atoms with Crippen LogP contribution in [0.1, 0.15) is 13.8 Å². The van der Waals surface area contributed by atoms with Crippen LogP contribution >= 0.6 is 0 Å².